The minimum atomic E-state index is -2.90. The molecule has 1 saturated carbocycles. The highest BCUT2D eigenvalue weighted by Crippen LogP contribution is 2.42. The predicted octanol–water partition coefficient (Wildman–Crippen LogP) is 5.32. The average Bonchev–Trinajstić information content (AvgIpc) is 3.50. The fourth-order valence-electron chi connectivity index (χ4n) is 3.37. The molecule has 2 aromatic carbocycles. The normalized spacial score (nSPS) is 13.7. The lowest BCUT2D eigenvalue weighted by molar-refractivity contribution is -0.0498. The van der Waals surface area contributed by atoms with Crippen LogP contribution in [0.1, 0.15) is 24.6 Å². The maximum absolute atomic E-state index is 14.3. The van der Waals surface area contributed by atoms with Crippen molar-refractivity contribution in [2.24, 2.45) is 0 Å². The van der Waals surface area contributed by atoms with Crippen molar-refractivity contribution >= 4 is 22.5 Å². The second-order valence-electron chi connectivity index (χ2n) is 7.13. The van der Waals surface area contributed by atoms with E-state index in [0.717, 1.165) is 18.9 Å². The number of anilines is 2. The van der Waals surface area contributed by atoms with E-state index in [2.05, 4.69) is 25.0 Å². The molecule has 1 fully saturated rings. The van der Waals surface area contributed by atoms with E-state index in [9.17, 15) is 17.6 Å². The first kappa shape index (κ1) is 19.3. The minimum Gasteiger partial charge on any atom is -0.435 e. The monoisotopic (exact) mass is 429 g/mol. The van der Waals surface area contributed by atoms with Crippen LogP contribution in [0, 0.1) is 11.6 Å². The molecule has 5 rings (SSSR count). The van der Waals surface area contributed by atoms with Gasteiger partial charge in [-0.05, 0) is 37.1 Å². The number of nitrogens with zero attached hydrogens (tertiary/aromatic N) is 4. The van der Waals surface area contributed by atoms with Gasteiger partial charge in [-0.15, -0.1) is 0 Å². The summed E-state index contributed by atoms with van der Waals surface area (Å²) in [6.45, 7) is -2.90. The zero-order valence-corrected chi connectivity index (χ0v) is 15.9. The molecular formula is C21H15F4N5O. The number of halogens is 4. The molecule has 0 amide bonds. The second-order valence-corrected chi connectivity index (χ2v) is 7.13. The number of alkyl halides is 2. The van der Waals surface area contributed by atoms with Gasteiger partial charge in [0.25, 0.3) is 0 Å². The molecule has 0 bridgehead atoms. The van der Waals surface area contributed by atoms with Crippen LogP contribution in [0.4, 0.5) is 29.1 Å². The number of fused-ring (bicyclic) bond motifs is 1. The predicted molar refractivity (Wildman–Crippen MR) is 105 cm³/mol. The van der Waals surface area contributed by atoms with Crippen molar-refractivity contribution in [3.8, 4) is 11.6 Å². The number of benzene rings is 2. The molecule has 10 heteroatoms. The smallest absolute Gasteiger partial charge is 0.387 e. The Labute approximate surface area is 173 Å². The van der Waals surface area contributed by atoms with Crippen molar-refractivity contribution in [3.63, 3.8) is 0 Å². The third-order valence-corrected chi connectivity index (χ3v) is 4.85. The Balaban J connectivity index is 1.51. The van der Waals surface area contributed by atoms with Crippen LogP contribution in [0.5, 0.6) is 5.75 Å². The zero-order chi connectivity index (χ0) is 21.5. The molecule has 1 aliphatic rings. The number of aromatic nitrogens is 4. The lowest BCUT2D eigenvalue weighted by Gasteiger charge is -2.11. The van der Waals surface area contributed by atoms with Gasteiger partial charge in [0.15, 0.2) is 17.5 Å². The highest BCUT2D eigenvalue weighted by atomic mass is 19.3. The van der Waals surface area contributed by atoms with E-state index in [1.165, 1.54) is 30.6 Å². The van der Waals surface area contributed by atoms with Crippen molar-refractivity contribution in [1.82, 2.24) is 19.5 Å². The number of ether oxygens (including phenoxy) is 1. The first-order chi connectivity index (χ1) is 15.0. The largest absolute Gasteiger partial charge is 0.435 e. The molecule has 1 aliphatic carbocycles. The summed E-state index contributed by atoms with van der Waals surface area (Å²) in [7, 11) is 0. The van der Waals surface area contributed by atoms with E-state index in [1.807, 2.05) is 0 Å². The fourth-order valence-corrected chi connectivity index (χ4v) is 3.37. The lowest BCUT2D eigenvalue weighted by Crippen LogP contribution is -2.05. The van der Waals surface area contributed by atoms with E-state index in [-0.39, 0.29) is 22.7 Å². The van der Waals surface area contributed by atoms with Crippen LogP contribution < -0.4 is 10.1 Å². The quantitative estimate of drug-likeness (QED) is 0.421. The van der Waals surface area contributed by atoms with Crippen LogP contribution >= 0.6 is 0 Å². The molecule has 0 unspecified atom stereocenters. The summed E-state index contributed by atoms with van der Waals surface area (Å²) in [6, 6.07) is 7.93. The molecule has 4 aromatic rings. The maximum Gasteiger partial charge on any atom is 0.387 e. The number of hydrogen-bond donors (Lipinski definition) is 1. The molecule has 0 atom stereocenters. The first-order valence-corrected chi connectivity index (χ1v) is 9.49. The fraction of sp³-hybridized carbons (Fsp3) is 0.190. The molecular weight excluding hydrogens is 414 g/mol. The van der Waals surface area contributed by atoms with Crippen molar-refractivity contribution in [2.75, 3.05) is 5.32 Å². The molecule has 0 spiro atoms. The second kappa shape index (κ2) is 7.53. The van der Waals surface area contributed by atoms with Gasteiger partial charge in [0, 0.05) is 23.7 Å². The molecule has 6 nitrogen and oxygen atoms in total. The van der Waals surface area contributed by atoms with Crippen LogP contribution in [0.3, 0.4) is 0 Å². The average molecular weight is 429 g/mol. The van der Waals surface area contributed by atoms with Gasteiger partial charge in [-0.3, -0.25) is 9.55 Å². The molecule has 1 N–H and O–H groups in total. The summed E-state index contributed by atoms with van der Waals surface area (Å²) in [5.41, 5.74) is 0.931. The summed E-state index contributed by atoms with van der Waals surface area (Å²) < 4.78 is 58.7. The molecule has 2 heterocycles. The Morgan fingerprint density at radius 3 is 2.52 bits per heavy atom. The maximum atomic E-state index is 14.3. The number of nitrogens with one attached hydrogen (secondary N) is 1. The third kappa shape index (κ3) is 3.88. The topological polar surface area (TPSA) is 64.9 Å². The molecule has 0 radical (unpaired) electrons. The molecule has 2 aromatic heterocycles. The Morgan fingerprint density at radius 1 is 1.03 bits per heavy atom. The van der Waals surface area contributed by atoms with Crippen LogP contribution in [0.2, 0.25) is 0 Å². The Hall–Kier alpha value is -3.69. The highest BCUT2D eigenvalue weighted by Gasteiger charge is 2.31. The third-order valence-electron chi connectivity index (χ3n) is 4.85. The van der Waals surface area contributed by atoms with Gasteiger partial charge < -0.3 is 10.1 Å². The van der Waals surface area contributed by atoms with E-state index in [1.54, 1.807) is 16.7 Å². The van der Waals surface area contributed by atoms with Crippen molar-refractivity contribution < 1.29 is 22.3 Å². The van der Waals surface area contributed by atoms with Crippen molar-refractivity contribution in [3.05, 3.63) is 66.3 Å². The Bertz CT molecular complexity index is 1250. The summed E-state index contributed by atoms with van der Waals surface area (Å²) in [5, 5.41) is 3.02. The Morgan fingerprint density at radius 2 is 1.81 bits per heavy atom. The highest BCUT2D eigenvalue weighted by molar-refractivity contribution is 5.79. The number of hydrogen-bond acceptors (Lipinski definition) is 5. The minimum absolute atomic E-state index is 0.0309. The van der Waals surface area contributed by atoms with Gasteiger partial charge in [0.2, 0.25) is 0 Å². The van der Waals surface area contributed by atoms with E-state index >= 15 is 0 Å². The van der Waals surface area contributed by atoms with Gasteiger partial charge in [-0.1, -0.05) is 0 Å². The summed E-state index contributed by atoms with van der Waals surface area (Å²) in [6.07, 6.45) is 4.78. The van der Waals surface area contributed by atoms with Gasteiger partial charge in [0.1, 0.15) is 22.9 Å². The summed E-state index contributed by atoms with van der Waals surface area (Å²) >= 11 is 0. The zero-order valence-electron chi connectivity index (χ0n) is 15.9. The van der Waals surface area contributed by atoms with Crippen LogP contribution in [0.15, 0.2) is 48.8 Å². The number of imidazole rings is 1. The van der Waals surface area contributed by atoms with Crippen molar-refractivity contribution in [2.45, 2.75) is 25.4 Å². The lowest BCUT2D eigenvalue weighted by atomic mass is 10.3. The van der Waals surface area contributed by atoms with Gasteiger partial charge in [-0.25, -0.2) is 18.7 Å². The van der Waals surface area contributed by atoms with Gasteiger partial charge in [-0.2, -0.15) is 8.78 Å². The molecule has 0 saturated heterocycles. The standard InChI is InChI=1S/C21H15F4N5O/c22-12-7-15(23)19-16(8-12)30(20(29-19)11-1-2-11)18-10-26-9-17(28-18)27-13-3-5-14(6-4-13)31-21(24)25/h3-11,21H,1-2H2,(H,27,28). The molecule has 158 valence electrons. The van der Waals surface area contributed by atoms with Crippen molar-refractivity contribution in [1.29, 1.82) is 0 Å². The van der Waals surface area contributed by atoms with Gasteiger partial charge in [0.05, 0.1) is 17.9 Å². The van der Waals surface area contributed by atoms with Crippen LogP contribution in [0.25, 0.3) is 16.9 Å². The van der Waals surface area contributed by atoms with Crippen LogP contribution in [-0.4, -0.2) is 26.1 Å². The van der Waals surface area contributed by atoms with E-state index < -0.39 is 18.2 Å². The van der Waals surface area contributed by atoms with E-state index in [0.29, 0.717) is 23.1 Å². The van der Waals surface area contributed by atoms with E-state index in [4.69, 9.17) is 0 Å². The molecule has 31 heavy (non-hydrogen) atoms. The first-order valence-electron chi connectivity index (χ1n) is 9.49. The Kier molecular flexibility index (Phi) is 4.68. The SMILES string of the molecule is Fc1cc(F)c2nc(C3CC3)n(-c3cncc(Nc4ccc(OC(F)F)cc4)n3)c2c1. The number of rotatable bonds is 6. The summed E-state index contributed by atoms with van der Waals surface area (Å²) in [5.74, 6) is 0.0712. The van der Waals surface area contributed by atoms with Crippen LogP contribution in [-0.2, 0) is 0 Å². The van der Waals surface area contributed by atoms with Gasteiger partial charge >= 0.3 is 6.61 Å². The molecule has 0 aliphatic heterocycles. The summed E-state index contributed by atoms with van der Waals surface area (Å²) in [4.78, 5) is 13.1.